The standard InChI is InChI=1S/C13H19NO/c1-3-5-12(14)13(15)9-11-7-4-6-10(2)8-11/h4,6-8,12H,3,5,9,14H2,1-2H3. The van der Waals surface area contributed by atoms with Crippen LogP contribution < -0.4 is 5.73 Å². The van der Waals surface area contributed by atoms with Crippen molar-refractivity contribution in [2.45, 2.75) is 39.2 Å². The molecular weight excluding hydrogens is 186 g/mol. The number of ketones is 1. The van der Waals surface area contributed by atoms with Gasteiger partial charge in [0.25, 0.3) is 0 Å². The molecule has 82 valence electrons. The molecule has 0 aromatic heterocycles. The van der Waals surface area contributed by atoms with Crippen LogP contribution in [0.1, 0.15) is 30.9 Å². The maximum Gasteiger partial charge on any atom is 0.153 e. The van der Waals surface area contributed by atoms with Crippen LogP contribution in [0.3, 0.4) is 0 Å². The van der Waals surface area contributed by atoms with E-state index >= 15 is 0 Å². The predicted octanol–water partition coefficient (Wildman–Crippen LogP) is 2.23. The lowest BCUT2D eigenvalue weighted by Gasteiger charge is -2.09. The molecule has 15 heavy (non-hydrogen) atoms. The second-order valence-corrected chi connectivity index (χ2v) is 4.03. The molecule has 1 unspecified atom stereocenters. The number of hydrogen-bond acceptors (Lipinski definition) is 2. The third kappa shape index (κ3) is 3.84. The van der Waals surface area contributed by atoms with Crippen LogP contribution in [0.15, 0.2) is 24.3 Å². The molecule has 0 saturated heterocycles. The molecule has 2 N–H and O–H groups in total. The first-order chi connectivity index (χ1) is 7.13. The number of hydrogen-bond donors (Lipinski definition) is 1. The van der Waals surface area contributed by atoms with E-state index in [1.165, 1.54) is 5.56 Å². The van der Waals surface area contributed by atoms with E-state index in [4.69, 9.17) is 5.73 Å². The van der Waals surface area contributed by atoms with Gasteiger partial charge in [-0.1, -0.05) is 43.2 Å². The summed E-state index contributed by atoms with van der Waals surface area (Å²) in [5, 5.41) is 0. The molecule has 0 amide bonds. The van der Waals surface area contributed by atoms with E-state index in [9.17, 15) is 4.79 Å². The second kappa shape index (κ2) is 5.66. The predicted molar refractivity (Wildman–Crippen MR) is 62.8 cm³/mol. The Balaban J connectivity index is 2.58. The molecule has 1 aromatic carbocycles. The van der Waals surface area contributed by atoms with Crippen molar-refractivity contribution < 1.29 is 4.79 Å². The fourth-order valence-electron chi connectivity index (χ4n) is 1.63. The van der Waals surface area contributed by atoms with Gasteiger partial charge in [-0.3, -0.25) is 4.79 Å². The highest BCUT2D eigenvalue weighted by molar-refractivity contribution is 5.85. The van der Waals surface area contributed by atoms with Gasteiger partial charge in [0.15, 0.2) is 5.78 Å². The third-order valence-electron chi connectivity index (χ3n) is 2.47. The van der Waals surface area contributed by atoms with Crippen molar-refractivity contribution in [1.82, 2.24) is 0 Å². The fraction of sp³-hybridized carbons (Fsp3) is 0.462. The SMILES string of the molecule is CCCC(N)C(=O)Cc1cccc(C)c1. The zero-order valence-electron chi connectivity index (χ0n) is 9.49. The molecule has 0 saturated carbocycles. The number of nitrogens with two attached hydrogens (primary N) is 1. The molecule has 0 bridgehead atoms. The van der Waals surface area contributed by atoms with Gasteiger partial charge in [-0.15, -0.1) is 0 Å². The molecule has 0 aliphatic carbocycles. The van der Waals surface area contributed by atoms with E-state index in [2.05, 4.69) is 0 Å². The zero-order chi connectivity index (χ0) is 11.3. The van der Waals surface area contributed by atoms with E-state index in [1.807, 2.05) is 38.1 Å². The second-order valence-electron chi connectivity index (χ2n) is 4.03. The Labute approximate surface area is 91.5 Å². The van der Waals surface area contributed by atoms with Crippen molar-refractivity contribution in [2.75, 3.05) is 0 Å². The first kappa shape index (κ1) is 11.9. The minimum absolute atomic E-state index is 0.141. The summed E-state index contributed by atoms with van der Waals surface area (Å²) in [5.41, 5.74) is 8.01. The van der Waals surface area contributed by atoms with Crippen LogP contribution in [0.25, 0.3) is 0 Å². The average Bonchev–Trinajstić information content (AvgIpc) is 2.18. The number of carbonyl (C=O) groups is 1. The van der Waals surface area contributed by atoms with E-state index in [0.717, 1.165) is 18.4 Å². The summed E-state index contributed by atoms with van der Waals surface area (Å²) in [4.78, 5) is 11.7. The smallest absolute Gasteiger partial charge is 0.153 e. The van der Waals surface area contributed by atoms with Gasteiger partial charge < -0.3 is 5.73 Å². The van der Waals surface area contributed by atoms with Crippen molar-refractivity contribution >= 4 is 5.78 Å². The van der Waals surface area contributed by atoms with Crippen LogP contribution in [0.2, 0.25) is 0 Å². The van der Waals surface area contributed by atoms with Gasteiger partial charge in [0.1, 0.15) is 0 Å². The Hall–Kier alpha value is -1.15. The lowest BCUT2D eigenvalue weighted by molar-refractivity contribution is -0.119. The molecule has 0 aliphatic rings. The van der Waals surface area contributed by atoms with Gasteiger partial charge in [-0.05, 0) is 18.9 Å². The average molecular weight is 205 g/mol. The van der Waals surface area contributed by atoms with Crippen molar-refractivity contribution in [1.29, 1.82) is 0 Å². The first-order valence-electron chi connectivity index (χ1n) is 5.47. The van der Waals surface area contributed by atoms with E-state index in [1.54, 1.807) is 0 Å². The lowest BCUT2D eigenvalue weighted by atomic mass is 10.0. The third-order valence-corrected chi connectivity index (χ3v) is 2.47. The Morgan fingerprint density at radius 2 is 2.20 bits per heavy atom. The van der Waals surface area contributed by atoms with Gasteiger partial charge in [0, 0.05) is 6.42 Å². The van der Waals surface area contributed by atoms with Gasteiger partial charge in [-0.25, -0.2) is 0 Å². The summed E-state index contributed by atoms with van der Waals surface area (Å²) in [6, 6.07) is 7.72. The topological polar surface area (TPSA) is 43.1 Å². The highest BCUT2D eigenvalue weighted by Crippen LogP contribution is 2.07. The van der Waals surface area contributed by atoms with E-state index in [-0.39, 0.29) is 11.8 Å². The minimum atomic E-state index is -0.296. The summed E-state index contributed by atoms with van der Waals surface area (Å²) >= 11 is 0. The Bertz CT molecular complexity index is 333. The Morgan fingerprint density at radius 1 is 1.47 bits per heavy atom. The van der Waals surface area contributed by atoms with Crippen LogP contribution in [-0.4, -0.2) is 11.8 Å². The van der Waals surface area contributed by atoms with E-state index in [0.29, 0.717) is 6.42 Å². The quantitative estimate of drug-likeness (QED) is 0.801. The molecule has 0 radical (unpaired) electrons. The summed E-state index contributed by atoms with van der Waals surface area (Å²) in [5.74, 6) is 0.141. The van der Waals surface area contributed by atoms with E-state index < -0.39 is 0 Å². The summed E-state index contributed by atoms with van der Waals surface area (Å²) < 4.78 is 0. The molecule has 0 fully saturated rings. The highest BCUT2D eigenvalue weighted by Gasteiger charge is 2.12. The molecule has 1 rings (SSSR count). The first-order valence-corrected chi connectivity index (χ1v) is 5.47. The number of benzene rings is 1. The summed E-state index contributed by atoms with van der Waals surface area (Å²) in [6.45, 7) is 4.07. The number of rotatable bonds is 5. The molecule has 1 atom stereocenters. The largest absolute Gasteiger partial charge is 0.321 e. The normalized spacial score (nSPS) is 12.5. The van der Waals surface area contributed by atoms with Crippen molar-refractivity contribution in [3.8, 4) is 0 Å². The summed E-state index contributed by atoms with van der Waals surface area (Å²) in [7, 11) is 0. The molecule has 2 heteroatoms. The maximum absolute atomic E-state index is 11.7. The monoisotopic (exact) mass is 205 g/mol. The Kier molecular flexibility index (Phi) is 4.50. The van der Waals surface area contributed by atoms with Gasteiger partial charge in [0.2, 0.25) is 0 Å². The molecule has 2 nitrogen and oxygen atoms in total. The van der Waals surface area contributed by atoms with Crippen LogP contribution in [0.5, 0.6) is 0 Å². The fourth-order valence-corrected chi connectivity index (χ4v) is 1.63. The number of Topliss-reactive ketones (excluding diaryl/α,β-unsaturated/α-hetero) is 1. The van der Waals surface area contributed by atoms with Gasteiger partial charge in [-0.2, -0.15) is 0 Å². The molecule has 0 aliphatic heterocycles. The van der Waals surface area contributed by atoms with Crippen molar-refractivity contribution in [3.63, 3.8) is 0 Å². The minimum Gasteiger partial charge on any atom is -0.321 e. The van der Waals surface area contributed by atoms with Gasteiger partial charge in [0.05, 0.1) is 6.04 Å². The van der Waals surface area contributed by atoms with Crippen LogP contribution in [0.4, 0.5) is 0 Å². The lowest BCUT2D eigenvalue weighted by Crippen LogP contribution is -2.31. The van der Waals surface area contributed by atoms with Crippen molar-refractivity contribution in [2.24, 2.45) is 5.73 Å². The number of aryl methyl sites for hydroxylation is 1. The Morgan fingerprint density at radius 3 is 2.80 bits per heavy atom. The van der Waals surface area contributed by atoms with Crippen LogP contribution in [0, 0.1) is 6.92 Å². The zero-order valence-corrected chi connectivity index (χ0v) is 9.49. The van der Waals surface area contributed by atoms with Crippen LogP contribution in [-0.2, 0) is 11.2 Å². The van der Waals surface area contributed by atoms with Crippen molar-refractivity contribution in [3.05, 3.63) is 35.4 Å². The van der Waals surface area contributed by atoms with Crippen LogP contribution >= 0.6 is 0 Å². The molecule has 1 aromatic rings. The summed E-state index contributed by atoms with van der Waals surface area (Å²) in [6.07, 6.45) is 2.20. The molecule has 0 heterocycles. The molecular formula is C13H19NO. The highest BCUT2D eigenvalue weighted by atomic mass is 16.1. The van der Waals surface area contributed by atoms with Gasteiger partial charge >= 0.3 is 0 Å². The maximum atomic E-state index is 11.7. The molecule has 0 spiro atoms. The number of carbonyl (C=O) groups excluding carboxylic acids is 1.